The lowest BCUT2D eigenvalue weighted by Gasteiger charge is -2.29. The van der Waals surface area contributed by atoms with Gasteiger partial charge >= 0.3 is 6.18 Å². The van der Waals surface area contributed by atoms with Gasteiger partial charge in [0.2, 0.25) is 0 Å². The number of allylic oxidation sites excluding steroid dienone is 1. The molecule has 2 atom stereocenters. The Bertz CT molecular complexity index is 620. The van der Waals surface area contributed by atoms with Crippen LogP contribution in [0.3, 0.4) is 0 Å². The number of aliphatic hydroxyl groups is 1. The van der Waals surface area contributed by atoms with Crippen LogP contribution in [-0.4, -0.2) is 28.5 Å². The summed E-state index contributed by atoms with van der Waals surface area (Å²) in [5.74, 6) is -0.271. The van der Waals surface area contributed by atoms with Gasteiger partial charge in [0.25, 0.3) is 0 Å². The lowest BCUT2D eigenvalue weighted by molar-refractivity contribution is -0.137. The van der Waals surface area contributed by atoms with Crippen molar-refractivity contribution < 1.29 is 18.3 Å². The maximum absolute atomic E-state index is 12.8. The second-order valence-corrected chi connectivity index (χ2v) is 5.77. The van der Waals surface area contributed by atoms with Crippen molar-refractivity contribution in [3.63, 3.8) is 0 Å². The minimum absolute atomic E-state index is 0.271. The van der Waals surface area contributed by atoms with Gasteiger partial charge in [-0.15, -0.1) is 0 Å². The van der Waals surface area contributed by atoms with E-state index >= 15 is 0 Å². The summed E-state index contributed by atoms with van der Waals surface area (Å²) in [4.78, 5) is 6.03. The highest BCUT2D eigenvalue weighted by molar-refractivity contribution is 5.66. The lowest BCUT2D eigenvalue weighted by Crippen LogP contribution is -2.36. The highest BCUT2D eigenvalue weighted by Gasteiger charge is 2.34. The molecule has 0 aromatic heterocycles. The van der Waals surface area contributed by atoms with Gasteiger partial charge in [-0.05, 0) is 24.5 Å². The Morgan fingerprint density at radius 1 is 1.32 bits per heavy atom. The first kappa shape index (κ1) is 15.1. The van der Waals surface area contributed by atoms with Crippen LogP contribution in [0.15, 0.2) is 41.2 Å². The molecule has 0 bridgehead atoms. The molecule has 0 spiro atoms. The fourth-order valence-corrected chi connectivity index (χ4v) is 2.56. The van der Waals surface area contributed by atoms with E-state index in [1.807, 2.05) is 11.8 Å². The number of hydrogen-bond acceptors (Lipinski definition) is 3. The monoisotopic (exact) mass is 310 g/mol. The van der Waals surface area contributed by atoms with Crippen molar-refractivity contribution >= 4 is 6.21 Å². The number of rotatable bonds is 3. The number of hydrogen-bond donors (Lipinski definition) is 1. The fraction of sp³-hybridized carbons (Fsp3) is 0.438. The van der Waals surface area contributed by atoms with Crippen LogP contribution in [0.2, 0.25) is 0 Å². The van der Waals surface area contributed by atoms with Crippen molar-refractivity contribution in [2.45, 2.75) is 44.1 Å². The summed E-state index contributed by atoms with van der Waals surface area (Å²) in [5, 5.41) is 9.88. The minimum atomic E-state index is -4.35. The largest absolute Gasteiger partial charge is 0.416 e. The van der Waals surface area contributed by atoms with E-state index in [2.05, 4.69) is 4.99 Å². The molecule has 1 aliphatic carbocycles. The van der Waals surface area contributed by atoms with Crippen molar-refractivity contribution in [1.29, 1.82) is 0 Å². The smallest absolute Gasteiger partial charge is 0.368 e. The molecule has 1 heterocycles. The molecule has 0 saturated heterocycles. The number of nitrogens with zero attached hydrogens (tertiary/aromatic N) is 2. The molecule has 1 aromatic rings. The van der Waals surface area contributed by atoms with Gasteiger partial charge in [0.1, 0.15) is 0 Å². The summed E-state index contributed by atoms with van der Waals surface area (Å²) < 4.78 is 38.4. The maximum Gasteiger partial charge on any atom is 0.416 e. The van der Waals surface area contributed by atoms with Gasteiger partial charge in [0.05, 0.1) is 17.5 Å². The number of aliphatic imine (C=N–C) groups is 1. The van der Waals surface area contributed by atoms with Crippen molar-refractivity contribution in [3.8, 4) is 0 Å². The van der Waals surface area contributed by atoms with Gasteiger partial charge < -0.3 is 10.0 Å². The fourth-order valence-electron chi connectivity index (χ4n) is 2.56. The molecule has 22 heavy (non-hydrogen) atoms. The average Bonchev–Trinajstić information content (AvgIpc) is 3.31. The molecule has 1 saturated carbocycles. The van der Waals surface area contributed by atoms with Crippen LogP contribution >= 0.6 is 0 Å². The molecule has 118 valence electrons. The Kier molecular flexibility index (Phi) is 3.72. The molecule has 1 aliphatic heterocycles. The Morgan fingerprint density at radius 2 is 2.05 bits per heavy atom. The Hall–Kier alpha value is -1.82. The van der Waals surface area contributed by atoms with E-state index in [1.165, 1.54) is 12.3 Å². The summed E-state index contributed by atoms with van der Waals surface area (Å²) >= 11 is 0. The highest BCUT2D eigenvalue weighted by Crippen LogP contribution is 2.35. The van der Waals surface area contributed by atoms with Crippen LogP contribution < -0.4 is 0 Å². The van der Waals surface area contributed by atoms with E-state index in [4.69, 9.17) is 0 Å². The summed E-state index contributed by atoms with van der Waals surface area (Å²) in [6.45, 7) is 1.82. The second-order valence-electron chi connectivity index (χ2n) is 5.77. The van der Waals surface area contributed by atoms with Crippen LogP contribution in [0, 0.1) is 0 Å². The predicted octanol–water partition coefficient (Wildman–Crippen LogP) is 3.52. The summed E-state index contributed by atoms with van der Waals surface area (Å²) in [7, 11) is 0. The molecule has 1 fully saturated rings. The van der Waals surface area contributed by atoms with E-state index in [1.54, 1.807) is 12.3 Å². The summed E-state index contributed by atoms with van der Waals surface area (Å²) in [5.41, 5.74) is 0.568. The van der Waals surface area contributed by atoms with E-state index in [0.717, 1.165) is 25.0 Å². The first-order valence-corrected chi connectivity index (χ1v) is 7.25. The minimum Gasteiger partial charge on any atom is -0.368 e. The second kappa shape index (κ2) is 5.43. The molecule has 1 N–H and O–H groups in total. The third-order valence-electron chi connectivity index (χ3n) is 4.07. The molecule has 6 heteroatoms. The Morgan fingerprint density at radius 3 is 2.68 bits per heavy atom. The first-order chi connectivity index (χ1) is 10.4. The molecule has 3 nitrogen and oxygen atoms in total. The summed E-state index contributed by atoms with van der Waals surface area (Å²) in [6.07, 6.45) is 0.158. The number of halogens is 3. The van der Waals surface area contributed by atoms with Gasteiger partial charge in [0.15, 0.2) is 6.23 Å². The molecule has 3 rings (SSSR count). The lowest BCUT2D eigenvalue weighted by atomic mass is 9.96. The topological polar surface area (TPSA) is 35.8 Å². The Balaban J connectivity index is 1.86. The van der Waals surface area contributed by atoms with Gasteiger partial charge in [-0.1, -0.05) is 25.1 Å². The number of alkyl halides is 3. The molecule has 2 aliphatic rings. The van der Waals surface area contributed by atoms with Gasteiger partial charge in [-0.25, -0.2) is 0 Å². The van der Waals surface area contributed by atoms with Crippen molar-refractivity contribution in [1.82, 2.24) is 4.90 Å². The van der Waals surface area contributed by atoms with Crippen molar-refractivity contribution in [2.24, 2.45) is 4.99 Å². The quantitative estimate of drug-likeness (QED) is 0.927. The summed E-state index contributed by atoms with van der Waals surface area (Å²) in [6, 6.07) is 5.62. The van der Waals surface area contributed by atoms with Gasteiger partial charge in [-0.2, -0.15) is 13.2 Å². The van der Waals surface area contributed by atoms with Crippen LogP contribution in [-0.2, 0) is 6.18 Å². The zero-order chi connectivity index (χ0) is 15.9. The highest BCUT2D eigenvalue weighted by atomic mass is 19.4. The predicted molar refractivity (Wildman–Crippen MR) is 77.3 cm³/mol. The molecule has 2 unspecified atom stereocenters. The number of benzene rings is 1. The molecule has 1 aromatic carbocycles. The van der Waals surface area contributed by atoms with Gasteiger partial charge in [-0.3, -0.25) is 4.99 Å². The standard InChI is InChI=1S/C16H17F3N2O/c1-10(11-3-2-4-12(7-11)16(17,18)19)14-9-21(13-5-6-13)15(22)8-20-14/h2-4,7-10,13,15,22H,5-6H2,1H3. The maximum atomic E-state index is 12.8. The molecular formula is C16H17F3N2O. The van der Waals surface area contributed by atoms with E-state index in [0.29, 0.717) is 17.3 Å². The van der Waals surface area contributed by atoms with Crippen LogP contribution in [0.1, 0.15) is 36.8 Å². The molecule has 0 amide bonds. The van der Waals surface area contributed by atoms with Crippen LogP contribution in [0.4, 0.5) is 13.2 Å². The Labute approximate surface area is 126 Å². The van der Waals surface area contributed by atoms with Crippen molar-refractivity contribution in [2.75, 3.05) is 0 Å². The molecular weight excluding hydrogens is 293 g/mol. The van der Waals surface area contributed by atoms with Crippen molar-refractivity contribution in [3.05, 3.63) is 47.3 Å². The third-order valence-corrected chi connectivity index (χ3v) is 4.07. The van der Waals surface area contributed by atoms with E-state index in [-0.39, 0.29) is 5.92 Å². The molecule has 0 radical (unpaired) electrons. The zero-order valence-corrected chi connectivity index (χ0v) is 12.1. The van der Waals surface area contributed by atoms with E-state index < -0.39 is 18.0 Å². The average molecular weight is 310 g/mol. The normalized spacial score (nSPS) is 23.4. The third kappa shape index (κ3) is 3.02. The number of aliphatic hydroxyl groups excluding tert-OH is 1. The first-order valence-electron chi connectivity index (χ1n) is 7.25. The van der Waals surface area contributed by atoms with Crippen LogP contribution in [0.5, 0.6) is 0 Å². The van der Waals surface area contributed by atoms with E-state index in [9.17, 15) is 18.3 Å². The van der Waals surface area contributed by atoms with Gasteiger partial charge in [0, 0.05) is 18.2 Å². The van der Waals surface area contributed by atoms with Crippen LogP contribution in [0.25, 0.3) is 0 Å². The SMILES string of the molecule is CC(C1=CN(C2CC2)C(O)C=N1)c1cccc(C(F)(F)F)c1. The zero-order valence-electron chi connectivity index (χ0n) is 12.1.